The number of furan rings is 1. The molecule has 0 spiro atoms. The Bertz CT molecular complexity index is 954. The van der Waals surface area contributed by atoms with E-state index in [2.05, 4.69) is 39.2 Å². The molecule has 10 heteroatoms. The SMILES string of the molecule is CCCN(CCC)Cc1ccc(CNC(=O)[C@@H]2CCCN(c3nnc(N4CCCC4=O)s3)C2)o1. The molecule has 4 heterocycles. The third kappa shape index (κ3) is 6.15. The van der Waals surface area contributed by atoms with Crippen molar-refractivity contribution in [1.82, 2.24) is 20.4 Å². The largest absolute Gasteiger partial charge is 0.463 e. The number of hydrogen-bond donors (Lipinski definition) is 1. The lowest BCUT2D eigenvalue weighted by molar-refractivity contribution is -0.125. The molecular formula is C24H36N6O3S. The van der Waals surface area contributed by atoms with Crippen LogP contribution in [0.2, 0.25) is 0 Å². The third-order valence-electron chi connectivity index (χ3n) is 6.38. The third-order valence-corrected chi connectivity index (χ3v) is 7.39. The molecule has 1 N–H and O–H groups in total. The number of nitrogens with one attached hydrogen (secondary N) is 1. The molecule has 1 atom stereocenters. The highest BCUT2D eigenvalue weighted by Crippen LogP contribution is 2.32. The zero-order chi connectivity index (χ0) is 23.9. The van der Waals surface area contributed by atoms with Crippen LogP contribution < -0.4 is 15.1 Å². The molecular weight excluding hydrogens is 452 g/mol. The number of rotatable bonds is 11. The summed E-state index contributed by atoms with van der Waals surface area (Å²) in [6.45, 7) is 9.87. The first-order valence-electron chi connectivity index (χ1n) is 12.5. The van der Waals surface area contributed by atoms with Crippen LogP contribution in [-0.4, -0.2) is 59.6 Å². The van der Waals surface area contributed by atoms with Crippen molar-refractivity contribution in [2.24, 2.45) is 5.92 Å². The normalized spacial score (nSPS) is 18.8. The number of carbonyl (C=O) groups is 2. The molecule has 186 valence electrons. The summed E-state index contributed by atoms with van der Waals surface area (Å²) in [5.74, 6) is 1.78. The lowest BCUT2D eigenvalue weighted by Crippen LogP contribution is -2.42. The fourth-order valence-corrected chi connectivity index (χ4v) is 5.63. The number of anilines is 2. The number of nitrogens with zero attached hydrogens (tertiary/aromatic N) is 5. The predicted molar refractivity (Wildman–Crippen MR) is 133 cm³/mol. The highest BCUT2D eigenvalue weighted by Gasteiger charge is 2.30. The van der Waals surface area contributed by atoms with Gasteiger partial charge in [0.1, 0.15) is 11.5 Å². The lowest BCUT2D eigenvalue weighted by atomic mass is 9.97. The van der Waals surface area contributed by atoms with Gasteiger partial charge in [-0.15, -0.1) is 10.2 Å². The highest BCUT2D eigenvalue weighted by molar-refractivity contribution is 7.19. The number of aromatic nitrogens is 2. The van der Waals surface area contributed by atoms with E-state index in [0.29, 0.717) is 31.2 Å². The zero-order valence-corrected chi connectivity index (χ0v) is 21.1. The summed E-state index contributed by atoms with van der Waals surface area (Å²) in [6.07, 6.45) is 5.46. The molecule has 0 aliphatic carbocycles. The molecule has 2 fully saturated rings. The van der Waals surface area contributed by atoms with E-state index in [1.54, 1.807) is 4.90 Å². The lowest BCUT2D eigenvalue weighted by Gasteiger charge is -2.31. The van der Waals surface area contributed by atoms with E-state index in [0.717, 1.165) is 74.9 Å². The van der Waals surface area contributed by atoms with Gasteiger partial charge in [0.25, 0.3) is 0 Å². The minimum Gasteiger partial charge on any atom is -0.463 e. The smallest absolute Gasteiger partial charge is 0.228 e. The fraction of sp³-hybridized carbons (Fsp3) is 0.667. The average molecular weight is 489 g/mol. The summed E-state index contributed by atoms with van der Waals surface area (Å²) in [7, 11) is 0. The molecule has 34 heavy (non-hydrogen) atoms. The van der Waals surface area contributed by atoms with Crippen LogP contribution >= 0.6 is 11.3 Å². The molecule has 2 aliphatic heterocycles. The van der Waals surface area contributed by atoms with Crippen molar-refractivity contribution >= 4 is 33.4 Å². The Labute approximate surface area is 205 Å². The van der Waals surface area contributed by atoms with Crippen LogP contribution in [0, 0.1) is 5.92 Å². The van der Waals surface area contributed by atoms with Crippen molar-refractivity contribution in [3.05, 3.63) is 23.7 Å². The molecule has 0 unspecified atom stereocenters. The maximum atomic E-state index is 12.9. The Balaban J connectivity index is 1.27. The second-order valence-electron chi connectivity index (χ2n) is 9.16. The van der Waals surface area contributed by atoms with Crippen molar-refractivity contribution in [2.45, 2.75) is 65.5 Å². The number of carbonyl (C=O) groups excluding carboxylic acids is 2. The molecule has 2 aromatic rings. The second kappa shape index (κ2) is 11.8. The summed E-state index contributed by atoms with van der Waals surface area (Å²) in [6, 6.07) is 3.97. The van der Waals surface area contributed by atoms with Gasteiger partial charge in [-0.2, -0.15) is 0 Å². The first-order chi connectivity index (χ1) is 16.6. The highest BCUT2D eigenvalue weighted by atomic mass is 32.1. The van der Waals surface area contributed by atoms with E-state index in [4.69, 9.17) is 4.42 Å². The predicted octanol–water partition coefficient (Wildman–Crippen LogP) is 3.41. The molecule has 2 amide bonds. The van der Waals surface area contributed by atoms with Crippen molar-refractivity contribution in [1.29, 1.82) is 0 Å². The minimum absolute atomic E-state index is 0.0423. The molecule has 4 rings (SSSR count). The van der Waals surface area contributed by atoms with E-state index in [-0.39, 0.29) is 17.7 Å². The van der Waals surface area contributed by atoms with Crippen LogP contribution in [0.1, 0.15) is 63.9 Å². The zero-order valence-electron chi connectivity index (χ0n) is 20.3. The minimum atomic E-state index is -0.103. The van der Waals surface area contributed by atoms with Gasteiger partial charge >= 0.3 is 0 Å². The first-order valence-corrected chi connectivity index (χ1v) is 13.4. The molecule has 0 aromatic carbocycles. The Morgan fingerprint density at radius 1 is 1.15 bits per heavy atom. The van der Waals surface area contributed by atoms with Gasteiger partial charge in [0.15, 0.2) is 0 Å². The van der Waals surface area contributed by atoms with E-state index >= 15 is 0 Å². The summed E-state index contributed by atoms with van der Waals surface area (Å²) in [4.78, 5) is 31.1. The van der Waals surface area contributed by atoms with Gasteiger partial charge in [-0.25, -0.2) is 0 Å². The van der Waals surface area contributed by atoms with Crippen molar-refractivity contribution < 1.29 is 14.0 Å². The second-order valence-corrected chi connectivity index (χ2v) is 10.1. The molecule has 0 radical (unpaired) electrons. The van der Waals surface area contributed by atoms with Crippen LogP contribution in [0.5, 0.6) is 0 Å². The van der Waals surface area contributed by atoms with E-state index in [9.17, 15) is 9.59 Å². The first kappa shape index (κ1) is 24.7. The summed E-state index contributed by atoms with van der Waals surface area (Å²) >= 11 is 1.44. The summed E-state index contributed by atoms with van der Waals surface area (Å²) in [5.41, 5.74) is 0. The molecule has 0 saturated carbocycles. The van der Waals surface area contributed by atoms with Crippen LogP contribution in [0.15, 0.2) is 16.5 Å². The maximum Gasteiger partial charge on any atom is 0.228 e. The standard InChI is InChI=1S/C24H36N6O3S/c1-3-11-28(12-4-2)17-20-10-9-19(33-20)15-25-22(32)18-7-5-13-29(16-18)23-26-27-24(34-23)30-14-6-8-21(30)31/h9-10,18H,3-8,11-17H2,1-2H3,(H,25,32)/t18-/m1/s1. The topological polar surface area (TPSA) is 94.8 Å². The fourth-order valence-electron chi connectivity index (χ4n) is 4.70. The van der Waals surface area contributed by atoms with Crippen LogP contribution in [0.25, 0.3) is 0 Å². The average Bonchev–Trinajstić information content (AvgIpc) is 3.59. The van der Waals surface area contributed by atoms with Crippen LogP contribution in [-0.2, 0) is 22.7 Å². The maximum absolute atomic E-state index is 12.9. The van der Waals surface area contributed by atoms with Crippen molar-refractivity contribution in [2.75, 3.05) is 42.5 Å². The molecule has 0 bridgehead atoms. The molecule has 2 aliphatic rings. The van der Waals surface area contributed by atoms with Crippen molar-refractivity contribution in [3.63, 3.8) is 0 Å². The van der Waals surface area contributed by atoms with Gasteiger partial charge in [0.05, 0.1) is 19.0 Å². The molecule has 2 aromatic heterocycles. The van der Waals surface area contributed by atoms with E-state index in [1.165, 1.54) is 11.3 Å². The van der Waals surface area contributed by atoms with Crippen molar-refractivity contribution in [3.8, 4) is 0 Å². The van der Waals surface area contributed by atoms with Gasteiger partial charge in [0.2, 0.25) is 22.1 Å². The van der Waals surface area contributed by atoms with Crippen LogP contribution in [0.4, 0.5) is 10.3 Å². The Kier molecular flexibility index (Phi) is 8.55. The number of amides is 2. The molecule has 9 nitrogen and oxygen atoms in total. The summed E-state index contributed by atoms with van der Waals surface area (Å²) in [5, 5.41) is 13.0. The monoisotopic (exact) mass is 488 g/mol. The van der Waals surface area contributed by atoms with E-state index in [1.807, 2.05) is 12.1 Å². The number of hydrogen-bond acceptors (Lipinski definition) is 8. The summed E-state index contributed by atoms with van der Waals surface area (Å²) < 4.78 is 5.98. The van der Waals surface area contributed by atoms with Gasteiger partial charge in [0, 0.05) is 26.1 Å². The van der Waals surface area contributed by atoms with Gasteiger partial charge in [-0.1, -0.05) is 25.2 Å². The number of piperidine rings is 1. The van der Waals surface area contributed by atoms with E-state index < -0.39 is 0 Å². The Morgan fingerprint density at radius 2 is 1.91 bits per heavy atom. The Morgan fingerprint density at radius 3 is 2.65 bits per heavy atom. The van der Waals surface area contributed by atoms with Gasteiger partial charge in [-0.05, 0) is 57.3 Å². The Hall–Kier alpha value is -2.46. The molecule has 2 saturated heterocycles. The van der Waals surface area contributed by atoms with Gasteiger partial charge in [-0.3, -0.25) is 19.4 Å². The quantitative estimate of drug-likeness (QED) is 0.518. The van der Waals surface area contributed by atoms with Gasteiger partial charge < -0.3 is 14.6 Å². The van der Waals surface area contributed by atoms with Crippen LogP contribution in [0.3, 0.4) is 0 Å².